The maximum atomic E-state index is 7.11. The van der Waals surface area contributed by atoms with Gasteiger partial charge in [0.05, 0.1) is 37.8 Å². The molecule has 6 nitrogen and oxygen atoms in total. The fraction of sp³-hybridized carbons (Fsp3) is 0. The van der Waals surface area contributed by atoms with Crippen LogP contribution < -0.4 is 0 Å². The van der Waals surface area contributed by atoms with Gasteiger partial charge in [-0.1, -0.05) is 109 Å². The second kappa shape index (κ2) is 12.6. The highest BCUT2D eigenvalue weighted by Gasteiger charge is 2.26. The zero-order valence-corrected chi connectivity index (χ0v) is 38.4. The molecule has 8 heterocycles. The molecule has 0 N–H and O–H groups in total. The van der Waals surface area contributed by atoms with Crippen molar-refractivity contribution >= 4 is 184 Å². The fourth-order valence-corrected chi connectivity index (χ4v) is 14.7. The Hall–Kier alpha value is -8.82. The Kier molecular flexibility index (Phi) is 6.54. The molecule has 0 saturated heterocycles. The summed E-state index contributed by atoms with van der Waals surface area (Å²) in [6.07, 6.45) is 0. The maximum Gasteiger partial charge on any atom is 0.147 e. The van der Waals surface area contributed by atoms with Crippen LogP contribution in [0.2, 0.25) is 0 Å². The van der Waals surface area contributed by atoms with Gasteiger partial charge in [-0.25, -0.2) is 9.97 Å². The molecule has 8 heteroatoms. The molecule has 0 radical (unpaired) electrons. The van der Waals surface area contributed by atoms with Gasteiger partial charge in [-0.2, -0.15) is 0 Å². The third-order valence-corrected chi connectivity index (χ3v) is 17.6. The number of imidazole rings is 2. The number of aromatic nitrogens is 4. The molecule has 0 atom stereocenters. The quantitative estimate of drug-likeness (QED) is 0.154. The monoisotopic (exact) mass is 926 g/mol. The average Bonchev–Trinajstić information content (AvgIpc) is 4.27. The van der Waals surface area contributed by atoms with Crippen molar-refractivity contribution in [2.24, 2.45) is 0 Å². The number of pyridine rings is 2. The summed E-state index contributed by atoms with van der Waals surface area (Å²) in [5.74, 6) is 0. The topological polar surface area (TPSA) is 60.9 Å². The first-order chi connectivity index (χ1) is 34.7. The summed E-state index contributed by atoms with van der Waals surface area (Å²) in [6.45, 7) is 0. The minimum atomic E-state index is 0.839. The lowest BCUT2D eigenvalue weighted by Gasteiger charge is -2.14. The Morgan fingerprint density at radius 3 is 1.84 bits per heavy atom. The van der Waals surface area contributed by atoms with Crippen molar-refractivity contribution < 1.29 is 8.83 Å². The molecule has 0 saturated carbocycles. The first-order valence-corrected chi connectivity index (χ1v) is 25.2. The van der Waals surface area contributed by atoms with Crippen molar-refractivity contribution in [3.8, 4) is 11.1 Å². The van der Waals surface area contributed by atoms with Gasteiger partial charge in [0.1, 0.15) is 33.6 Å². The van der Waals surface area contributed by atoms with E-state index in [4.69, 9.17) is 18.8 Å². The van der Waals surface area contributed by atoms with Crippen molar-refractivity contribution in [2.75, 3.05) is 0 Å². The van der Waals surface area contributed by atoms with Crippen LogP contribution in [0, 0.1) is 0 Å². The number of thiophene rings is 2. The molecule has 0 spiro atoms. The predicted octanol–water partition coefficient (Wildman–Crippen LogP) is 18.1. The maximum absolute atomic E-state index is 7.11. The van der Waals surface area contributed by atoms with Crippen LogP contribution in [0.1, 0.15) is 0 Å². The lowest BCUT2D eigenvalue weighted by molar-refractivity contribution is 0.669. The third-order valence-electron chi connectivity index (χ3n) is 15.2. The Morgan fingerprint density at radius 2 is 0.986 bits per heavy atom. The van der Waals surface area contributed by atoms with Crippen LogP contribution in [0.5, 0.6) is 0 Å². The van der Waals surface area contributed by atoms with E-state index in [-0.39, 0.29) is 0 Å². The Balaban J connectivity index is 1.04. The van der Waals surface area contributed by atoms with Crippen LogP contribution in [0.15, 0.2) is 191 Å². The zero-order valence-electron chi connectivity index (χ0n) is 36.7. The molecule has 0 aliphatic rings. The third kappa shape index (κ3) is 4.37. The molecule has 10 aromatic carbocycles. The number of para-hydroxylation sites is 4. The lowest BCUT2D eigenvalue weighted by atomic mass is 9.94. The smallest absolute Gasteiger partial charge is 0.147 e. The van der Waals surface area contributed by atoms with Crippen molar-refractivity contribution in [2.45, 2.75) is 0 Å². The lowest BCUT2D eigenvalue weighted by Crippen LogP contribution is -1.94. The van der Waals surface area contributed by atoms with Crippen molar-refractivity contribution in [1.29, 1.82) is 0 Å². The van der Waals surface area contributed by atoms with Crippen LogP contribution in [0.25, 0.3) is 172 Å². The van der Waals surface area contributed by atoms with Gasteiger partial charge in [0, 0.05) is 84.3 Å². The van der Waals surface area contributed by atoms with E-state index in [1.807, 2.05) is 28.7 Å². The average molecular weight is 927 g/mol. The van der Waals surface area contributed by atoms with Crippen LogP contribution in [0.3, 0.4) is 0 Å². The van der Waals surface area contributed by atoms with E-state index in [0.717, 1.165) is 115 Å². The van der Waals surface area contributed by atoms with Crippen molar-refractivity contribution in [3.63, 3.8) is 0 Å². The van der Waals surface area contributed by atoms with Gasteiger partial charge in [0.25, 0.3) is 0 Å². The minimum Gasteiger partial charge on any atom is -0.456 e. The minimum absolute atomic E-state index is 0.839. The van der Waals surface area contributed by atoms with Gasteiger partial charge in [-0.15, -0.1) is 22.7 Å². The molecule has 0 bridgehead atoms. The number of benzene rings is 10. The molecule has 0 fully saturated rings. The zero-order chi connectivity index (χ0) is 45.1. The summed E-state index contributed by atoms with van der Waals surface area (Å²) in [5.41, 5.74) is 13.7. The van der Waals surface area contributed by atoms with Gasteiger partial charge in [-0.3, -0.25) is 8.80 Å². The highest BCUT2D eigenvalue weighted by Crippen LogP contribution is 2.50. The van der Waals surface area contributed by atoms with Crippen LogP contribution >= 0.6 is 22.7 Å². The van der Waals surface area contributed by atoms with Crippen LogP contribution in [-0.4, -0.2) is 18.8 Å². The van der Waals surface area contributed by atoms with E-state index in [9.17, 15) is 0 Å². The number of hydrogen-bond donors (Lipinski definition) is 0. The van der Waals surface area contributed by atoms with Crippen LogP contribution in [0.4, 0.5) is 0 Å². The molecule has 18 rings (SSSR count). The second-order valence-electron chi connectivity index (χ2n) is 18.7. The Morgan fingerprint density at radius 1 is 0.357 bits per heavy atom. The molecular formula is C62H30N4O2S2. The normalized spacial score (nSPS) is 12.9. The fourth-order valence-electron chi connectivity index (χ4n) is 12.4. The standard InChI is InChI=1S/C62H30N4O2S2/c1-7-17-46-37(12-1)52-48(67-46)27-24-33-34-22-23-36-32-11-3-9-19-49(32)70-60(36)58(34)66-45-29-31(21-26-43(45)64-61(66)55(33)52)40-30-41-35-25-28-51-53(39-14-4-10-20-50(39)69-51)57(35)65-44-16-6-5-15-42(44)63-62(65)56(41)54-38-13-2-8-18-47(38)68-59(40)54/h1-30H. The summed E-state index contributed by atoms with van der Waals surface area (Å²) in [6, 6.07) is 65.8. The van der Waals surface area contributed by atoms with E-state index in [2.05, 4.69) is 185 Å². The molecule has 8 aromatic heterocycles. The summed E-state index contributed by atoms with van der Waals surface area (Å²) >= 11 is 3.71. The number of rotatable bonds is 1. The highest BCUT2D eigenvalue weighted by atomic mass is 32.1. The second-order valence-corrected chi connectivity index (χ2v) is 20.8. The largest absolute Gasteiger partial charge is 0.456 e. The molecule has 0 aliphatic carbocycles. The van der Waals surface area contributed by atoms with E-state index >= 15 is 0 Å². The predicted molar refractivity (Wildman–Crippen MR) is 295 cm³/mol. The molecule has 0 unspecified atom stereocenters. The van der Waals surface area contributed by atoms with E-state index in [1.54, 1.807) is 0 Å². The number of hydrogen-bond acceptors (Lipinski definition) is 6. The summed E-state index contributed by atoms with van der Waals surface area (Å²) in [4.78, 5) is 11.1. The number of fused-ring (bicyclic) bond motifs is 32. The van der Waals surface area contributed by atoms with Gasteiger partial charge in [0.2, 0.25) is 0 Å². The molecule has 18 aromatic rings. The first-order valence-electron chi connectivity index (χ1n) is 23.6. The first kappa shape index (κ1) is 36.3. The van der Waals surface area contributed by atoms with Crippen LogP contribution in [-0.2, 0) is 0 Å². The van der Waals surface area contributed by atoms with Gasteiger partial charge in [0.15, 0.2) is 0 Å². The Labute approximate surface area is 402 Å². The van der Waals surface area contributed by atoms with Gasteiger partial charge < -0.3 is 8.83 Å². The SMILES string of the molecule is c1ccc2c(c1)nc1c3c(cc(-c4ccc5nc6c7c(ccc8oc9ccccc9c87)c7ccc8c9ccccc9sc8c7n6c5c4)c4oc5ccccc5c43)c3ccc4sc5ccccc5c4c3n21. The molecular weight excluding hydrogens is 897 g/mol. The highest BCUT2D eigenvalue weighted by molar-refractivity contribution is 7.27. The van der Waals surface area contributed by atoms with E-state index < -0.39 is 0 Å². The molecule has 0 amide bonds. The van der Waals surface area contributed by atoms with E-state index in [1.165, 1.54) is 56.6 Å². The number of nitrogens with zero attached hydrogens (tertiary/aromatic N) is 4. The molecule has 0 aliphatic heterocycles. The van der Waals surface area contributed by atoms with Crippen molar-refractivity contribution in [3.05, 3.63) is 182 Å². The van der Waals surface area contributed by atoms with E-state index in [0.29, 0.717) is 0 Å². The van der Waals surface area contributed by atoms with Gasteiger partial charge >= 0.3 is 0 Å². The number of furan rings is 2. The summed E-state index contributed by atoms with van der Waals surface area (Å²) in [5, 5.41) is 16.2. The summed E-state index contributed by atoms with van der Waals surface area (Å²) in [7, 11) is 0. The molecule has 70 heavy (non-hydrogen) atoms. The molecule has 322 valence electrons. The van der Waals surface area contributed by atoms with Gasteiger partial charge in [-0.05, 0) is 89.1 Å². The summed E-state index contributed by atoms with van der Waals surface area (Å²) < 4.78 is 23.6. The Bertz CT molecular complexity index is 5450. The van der Waals surface area contributed by atoms with Crippen molar-refractivity contribution in [1.82, 2.24) is 18.8 Å².